The van der Waals surface area contributed by atoms with Gasteiger partial charge in [0, 0.05) is 25.5 Å². The Morgan fingerprint density at radius 3 is 2.57 bits per heavy atom. The topological polar surface area (TPSA) is 37.4 Å². The molecule has 0 atom stereocenters. The number of ether oxygens (including phenoxy) is 1. The Morgan fingerprint density at radius 1 is 1.29 bits per heavy atom. The summed E-state index contributed by atoms with van der Waals surface area (Å²) in [4.78, 5) is 6.43. The van der Waals surface area contributed by atoms with Gasteiger partial charge in [0.1, 0.15) is 5.75 Å². The third-order valence-corrected chi connectivity index (χ3v) is 3.51. The monoisotopic (exact) mass is 305 g/mol. The third-order valence-electron chi connectivity index (χ3n) is 3.23. The van der Waals surface area contributed by atoms with Crippen molar-refractivity contribution in [1.82, 2.24) is 10.3 Å². The fourth-order valence-electron chi connectivity index (χ4n) is 2.01. The van der Waals surface area contributed by atoms with E-state index in [9.17, 15) is 0 Å². The van der Waals surface area contributed by atoms with Gasteiger partial charge in [0.25, 0.3) is 0 Å². The number of hydrogen-bond donors (Lipinski definition) is 1. The predicted molar refractivity (Wildman–Crippen MR) is 87.7 cm³/mol. The molecule has 0 aliphatic heterocycles. The van der Waals surface area contributed by atoms with E-state index in [1.807, 2.05) is 48.5 Å². The van der Waals surface area contributed by atoms with Crippen LogP contribution < -0.4 is 15.0 Å². The van der Waals surface area contributed by atoms with Crippen LogP contribution in [0.1, 0.15) is 12.5 Å². The van der Waals surface area contributed by atoms with Gasteiger partial charge in [-0.15, -0.1) is 0 Å². The summed E-state index contributed by atoms with van der Waals surface area (Å²) in [5, 5.41) is 3.90. The van der Waals surface area contributed by atoms with Crippen LogP contribution in [0.5, 0.6) is 5.75 Å². The SMILES string of the molecule is CCNCc1cnc(N(C)c2ccc(OC)cc2)c(Cl)c1. The van der Waals surface area contributed by atoms with Crippen molar-refractivity contribution in [3.05, 3.63) is 47.1 Å². The van der Waals surface area contributed by atoms with E-state index in [1.165, 1.54) is 0 Å². The van der Waals surface area contributed by atoms with Crippen LogP contribution in [-0.4, -0.2) is 25.7 Å². The van der Waals surface area contributed by atoms with Crippen LogP contribution in [0.25, 0.3) is 0 Å². The molecule has 0 saturated carbocycles. The standard InChI is InChI=1S/C16H20ClN3O/c1-4-18-10-12-9-15(17)16(19-11-12)20(2)13-5-7-14(21-3)8-6-13/h5-9,11,18H,4,10H2,1-3H3. The number of pyridine rings is 1. The molecule has 21 heavy (non-hydrogen) atoms. The van der Waals surface area contributed by atoms with Gasteiger partial charge in [0.05, 0.1) is 12.1 Å². The van der Waals surface area contributed by atoms with Gasteiger partial charge in [-0.3, -0.25) is 0 Å². The number of aromatic nitrogens is 1. The highest BCUT2D eigenvalue weighted by Gasteiger charge is 2.10. The fourth-order valence-corrected chi connectivity index (χ4v) is 2.33. The predicted octanol–water partition coefficient (Wildman–Crippen LogP) is 3.62. The summed E-state index contributed by atoms with van der Waals surface area (Å²) in [5.74, 6) is 1.56. The van der Waals surface area contributed by atoms with Gasteiger partial charge < -0.3 is 15.0 Å². The maximum atomic E-state index is 6.36. The van der Waals surface area contributed by atoms with Gasteiger partial charge >= 0.3 is 0 Å². The van der Waals surface area contributed by atoms with E-state index < -0.39 is 0 Å². The molecule has 5 heteroatoms. The van der Waals surface area contributed by atoms with Crippen LogP contribution in [0.3, 0.4) is 0 Å². The Labute approximate surface area is 130 Å². The molecule has 1 aromatic carbocycles. The molecule has 0 aliphatic carbocycles. The van der Waals surface area contributed by atoms with Crippen molar-refractivity contribution in [2.75, 3.05) is 25.6 Å². The van der Waals surface area contributed by atoms with Crippen molar-refractivity contribution in [2.45, 2.75) is 13.5 Å². The van der Waals surface area contributed by atoms with Gasteiger partial charge in [0.15, 0.2) is 5.82 Å². The smallest absolute Gasteiger partial charge is 0.151 e. The number of hydrogen-bond acceptors (Lipinski definition) is 4. The molecule has 0 aliphatic rings. The molecule has 1 heterocycles. The highest BCUT2D eigenvalue weighted by atomic mass is 35.5. The molecular formula is C16H20ClN3O. The second-order valence-corrected chi connectivity index (χ2v) is 5.09. The van der Waals surface area contributed by atoms with Crippen molar-refractivity contribution in [3.8, 4) is 5.75 Å². The zero-order valence-electron chi connectivity index (χ0n) is 12.6. The molecule has 2 aromatic rings. The summed E-state index contributed by atoms with van der Waals surface area (Å²) < 4.78 is 5.16. The van der Waals surface area contributed by atoms with Gasteiger partial charge in [-0.1, -0.05) is 18.5 Å². The summed E-state index contributed by atoms with van der Waals surface area (Å²) in [5.41, 5.74) is 2.08. The normalized spacial score (nSPS) is 10.5. The number of rotatable bonds is 6. The number of nitrogens with one attached hydrogen (secondary N) is 1. The first-order chi connectivity index (χ1) is 10.2. The van der Waals surface area contributed by atoms with Gasteiger partial charge in [-0.2, -0.15) is 0 Å². The molecule has 0 saturated heterocycles. The second kappa shape index (κ2) is 7.29. The lowest BCUT2D eigenvalue weighted by molar-refractivity contribution is 0.415. The lowest BCUT2D eigenvalue weighted by Crippen LogP contribution is -2.14. The Morgan fingerprint density at radius 2 is 2.00 bits per heavy atom. The second-order valence-electron chi connectivity index (χ2n) is 4.69. The van der Waals surface area contributed by atoms with Crippen molar-refractivity contribution < 1.29 is 4.74 Å². The molecule has 0 fully saturated rings. The summed E-state index contributed by atoms with van der Waals surface area (Å²) in [6.45, 7) is 3.77. The largest absolute Gasteiger partial charge is 0.497 e. The van der Waals surface area contributed by atoms with Crippen LogP contribution in [0.15, 0.2) is 36.5 Å². The fraction of sp³-hybridized carbons (Fsp3) is 0.312. The van der Waals surface area contributed by atoms with E-state index in [2.05, 4.69) is 17.2 Å². The number of halogens is 1. The number of anilines is 2. The highest BCUT2D eigenvalue weighted by Crippen LogP contribution is 2.30. The Hall–Kier alpha value is -1.78. The van der Waals surface area contributed by atoms with Crippen LogP contribution in [0.2, 0.25) is 5.02 Å². The zero-order chi connectivity index (χ0) is 15.2. The lowest BCUT2D eigenvalue weighted by atomic mass is 10.2. The lowest BCUT2D eigenvalue weighted by Gasteiger charge is -2.20. The van der Waals surface area contributed by atoms with E-state index >= 15 is 0 Å². The zero-order valence-corrected chi connectivity index (χ0v) is 13.3. The molecule has 0 radical (unpaired) electrons. The first-order valence-corrected chi connectivity index (χ1v) is 7.26. The molecule has 0 unspecified atom stereocenters. The molecule has 1 N–H and O–H groups in total. The van der Waals surface area contributed by atoms with Gasteiger partial charge in [-0.25, -0.2) is 4.98 Å². The minimum absolute atomic E-state index is 0.642. The average molecular weight is 306 g/mol. The Bertz CT molecular complexity index is 587. The minimum atomic E-state index is 0.642. The number of nitrogens with zero attached hydrogens (tertiary/aromatic N) is 2. The first kappa shape index (κ1) is 15.6. The minimum Gasteiger partial charge on any atom is -0.497 e. The summed E-state index contributed by atoms with van der Waals surface area (Å²) in [7, 11) is 3.60. The molecule has 112 valence electrons. The summed E-state index contributed by atoms with van der Waals surface area (Å²) in [6.07, 6.45) is 1.85. The van der Waals surface area contributed by atoms with Gasteiger partial charge in [-0.05, 0) is 42.4 Å². The van der Waals surface area contributed by atoms with Crippen LogP contribution in [-0.2, 0) is 6.54 Å². The molecule has 4 nitrogen and oxygen atoms in total. The summed E-state index contributed by atoms with van der Waals surface area (Å²) in [6, 6.07) is 9.73. The van der Waals surface area contributed by atoms with Crippen molar-refractivity contribution in [1.29, 1.82) is 0 Å². The van der Waals surface area contributed by atoms with Gasteiger partial charge in [0.2, 0.25) is 0 Å². The van der Waals surface area contributed by atoms with E-state index in [0.29, 0.717) is 5.02 Å². The molecular weight excluding hydrogens is 286 g/mol. The maximum Gasteiger partial charge on any atom is 0.151 e. The van der Waals surface area contributed by atoms with Crippen molar-refractivity contribution in [2.24, 2.45) is 0 Å². The molecule has 0 amide bonds. The first-order valence-electron chi connectivity index (χ1n) is 6.88. The highest BCUT2D eigenvalue weighted by molar-refractivity contribution is 6.33. The average Bonchev–Trinajstić information content (AvgIpc) is 2.52. The van der Waals surface area contributed by atoms with Crippen LogP contribution >= 0.6 is 11.6 Å². The number of benzene rings is 1. The van der Waals surface area contributed by atoms with Crippen molar-refractivity contribution in [3.63, 3.8) is 0 Å². The Kier molecular flexibility index (Phi) is 5.42. The van der Waals surface area contributed by atoms with Crippen LogP contribution in [0, 0.1) is 0 Å². The quantitative estimate of drug-likeness (QED) is 0.884. The van der Waals surface area contributed by atoms with Crippen molar-refractivity contribution >= 4 is 23.1 Å². The molecule has 0 spiro atoms. The molecule has 2 rings (SSSR count). The molecule has 0 bridgehead atoms. The van der Waals surface area contributed by atoms with E-state index in [1.54, 1.807) is 7.11 Å². The van der Waals surface area contributed by atoms with E-state index in [0.717, 1.165) is 35.9 Å². The summed E-state index contributed by atoms with van der Waals surface area (Å²) >= 11 is 6.36. The van der Waals surface area contributed by atoms with Crippen LogP contribution in [0.4, 0.5) is 11.5 Å². The van der Waals surface area contributed by atoms with E-state index in [4.69, 9.17) is 16.3 Å². The molecule has 1 aromatic heterocycles. The number of methoxy groups -OCH3 is 1. The maximum absolute atomic E-state index is 6.36. The third kappa shape index (κ3) is 3.86. The van der Waals surface area contributed by atoms with E-state index in [-0.39, 0.29) is 0 Å². The Balaban J connectivity index is 2.19.